The Kier molecular flexibility index (Phi) is 9.25. The van der Waals surface area contributed by atoms with Crippen LogP contribution < -0.4 is 16.2 Å². The minimum Gasteiger partial charge on any atom is -0.397 e. The fourth-order valence-corrected chi connectivity index (χ4v) is 6.96. The number of nitrogens with two attached hydrogens (primary N) is 1. The molecule has 1 saturated heterocycles. The molecule has 2 N–H and O–H groups in total. The average Bonchev–Trinajstić information content (AvgIpc) is 3.02. The van der Waals surface area contributed by atoms with Gasteiger partial charge in [0.25, 0.3) is 5.56 Å². The number of hydrogen-bond acceptors (Lipinski definition) is 7. The van der Waals surface area contributed by atoms with Crippen LogP contribution in [0, 0.1) is 29.9 Å². The van der Waals surface area contributed by atoms with Gasteiger partial charge >= 0.3 is 0 Å². The standard InChI is InChI=1S/C33H30Cl3F2N7O2/c1-7-21(46)44-16(5)12-43(13-17(44)6)31-18-10-20(34)29(22-25(37)23(35)26(38)24(36)27(22)40)42-32(18)45(33(47)19(31)11-39)30-15(4)8-9-41-28(30)14(2)3/h7-10,14,16-17H,1,12-13,40H2,2-6H3/t16-,17+. The van der Waals surface area contributed by atoms with Crippen molar-refractivity contribution in [1.29, 1.82) is 5.26 Å². The summed E-state index contributed by atoms with van der Waals surface area (Å²) < 4.78 is 31.5. The summed E-state index contributed by atoms with van der Waals surface area (Å²) in [6, 6.07) is 4.59. The first kappa shape index (κ1) is 34.1. The van der Waals surface area contributed by atoms with Crippen molar-refractivity contribution in [2.24, 2.45) is 0 Å². The van der Waals surface area contributed by atoms with Crippen LogP contribution in [0.5, 0.6) is 0 Å². The Bertz CT molecular complexity index is 2050. The summed E-state index contributed by atoms with van der Waals surface area (Å²) >= 11 is 18.8. The highest BCUT2D eigenvalue weighted by atomic mass is 35.5. The molecule has 14 heteroatoms. The third-order valence-corrected chi connectivity index (χ3v) is 9.31. The number of amides is 1. The van der Waals surface area contributed by atoms with Crippen molar-refractivity contribution in [3.05, 3.63) is 84.9 Å². The zero-order valence-corrected chi connectivity index (χ0v) is 28.4. The number of nitrogen functional groups attached to an aromatic ring is 1. The van der Waals surface area contributed by atoms with Gasteiger partial charge < -0.3 is 15.5 Å². The molecule has 47 heavy (non-hydrogen) atoms. The van der Waals surface area contributed by atoms with Crippen molar-refractivity contribution >= 4 is 63.1 Å². The molecule has 5 rings (SSSR count). The zero-order valence-electron chi connectivity index (χ0n) is 26.1. The first-order valence-corrected chi connectivity index (χ1v) is 15.8. The van der Waals surface area contributed by atoms with Gasteiger partial charge in [-0.3, -0.25) is 19.1 Å². The number of aromatic nitrogens is 3. The van der Waals surface area contributed by atoms with Crippen LogP contribution in [-0.4, -0.2) is 50.5 Å². The van der Waals surface area contributed by atoms with Crippen LogP contribution in [0.2, 0.25) is 15.1 Å². The summed E-state index contributed by atoms with van der Waals surface area (Å²) in [5.74, 6) is -2.89. The Morgan fingerprint density at radius 3 is 2.36 bits per heavy atom. The van der Waals surface area contributed by atoms with E-state index in [1.807, 2.05) is 32.6 Å². The van der Waals surface area contributed by atoms with Crippen molar-refractivity contribution in [2.45, 2.75) is 52.6 Å². The third kappa shape index (κ3) is 5.48. The van der Waals surface area contributed by atoms with Crippen LogP contribution in [0.4, 0.5) is 20.2 Å². The lowest BCUT2D eigenvalue weighted by atomic mass is 10.0. The van der Waals surface area contributed by atoms with Crippen molar-refractivity contribution in [1.82, 2.24) is 19.4 Å². The molecule has 0 bridgehead atoms. The largest absolute Gasteiger partial charge is 0.397 e. The van der Waals surface area contributed by atoms with Crippen LogP contribution in [0.3, 0.4) is 0 Å². The fraction of sp³-hybridized carbons (Fsp3) is 0.303. The van der Waals surface area contributed by atoms with Gasteiger partial charge in [-0.15, -0.1) is 0 Å². The first-order valence-electron chi connectivity index (χ1n) is 14.6. The van der Waals surface area contributed by atoms with Gasteiger partial charge in [-0.05, 0) is 50.5 Å². The molecule has 4 heterocycles. The molecular weight excluding hydrogens is 671 g/mol. The van der Waals surface area contributed by atoms with Gasteiger partial charge in [0.05, 0.1) is 39.0 Å². The van der Waals surface area contributed by atoms with Gasteiger partial charge in [0.2, 0.25) is 5.91 Å². The quantitative estimate of drug-likeness (QED) is 0.101. The Hall–Kier alpha value is -4.24. The highest BCUT2D eigenvalue weighted by Crippen LogP contribution is 2.44. The van der Waals surface area contributed by atoms with Gasteiger partial charge in [-0.25, -0.2) is 13.8 Å². The number of carbonyl (C=O) groups is 1. The molecule has 3 aromatic heterocycles. The molecule has 0 spiro atoms. The molecule has 1 fully saturated rings. The number of nitriles is 1. The van der Waals surface area contributed by atoms with Crippen LogP contribution >= 0.6 is 34.8 Å². The summed E-state index contributed by atoms with van der Waals surface area (Å²) in [4.78, 5) is 40.0. The molecule has 244 valence electrons. The minimum atomic E-state index is -1.24. The van der Waals surface area contributed by atoms with E-state index in [1.54, 1.807) is 24.1 Å². The number of piperazine rings is 1. The number of rotatable bonds is 5. The monoisotopic (exact) mass is 699 g/mol. The predicted molar refractivity (Wildman–Crippen MR) is 182 cm³/mol. The number of pyridine rings is 3. The second-order valence-corrected chi connectivity index (χ2v) is 12.9. The maximum Gasteiger partial charge on any atom is 0.276 e. The van der Waals surface area contributed by atoms with Crippen molar-refractivity contribution < 1.29 is 13.6 Å². The van der Waals surface area contributed by atoms with E-state index in [4.69, 9.17) is 45.5 Å². The number of halogens is 5. The first-order chi connectivity index (χ1) is 22.2. The zero-order chi connectivity index (χ0) is 34.6. The number of nitrogens with zero attached hydrogens (tertiary/aromatic N) is 6. The van der Waals surface area contributed by atoms with E-state index in [2.05, 4.69) is 17.6 Å². The van der Waals surface area contributed by atoms with E-state index in [-0.39, 0.29) is 70.0 Å². The smallest absolute Gasteiger partial charge is 0.276 e. The van der Waals surface area contributed by atoms with Crippen molar-refractivity contribution in [3.8, 4) is 23.0 Å². The molecule has 1 aliphatic rings. The number of anilines is 2. The molecule has 0 unspecified atom stereocenters. The van der Waals surface area contributed by atoms with E-state index < -0.39 is 38.5 Å². The number of benzene rings is 1. The molecule has 1 aliphatic heterocycles. The molecule has 0 aliphatic carbocycles. The molecule has 9 nitrogen and oxygen atoms in total. The van der Waals surface area contributed by atoms with Crippen LogP contribution in [0.15, 0.2) is 35.8 Å². The number of fused-ring (bicyclic) bond motifs is 1. The van der Waals surface area contributed by atoms with Gasteiger partial charge in [-0.2, -0.15) is 5.26 Å². The summed E-state index contributed by atoms with van der Waals surface area (Å²) in [6.45, 7) is 13.4. The minimum absolute atomic E-state index is 0.00155. The summed E-state index contributed by atoms with van der Waals surface area (Å²) in [5.41, 5.74) is 5.82. The Morgan fingerprint density at radius 1 is 1.15 bits per heavy atom. The lowest BCUT2D eigenvalue weighted by molar-refractivity contribution is -0.130. The van der Waals surface area contributed by atoms with Crippen LogP contribution in [0.25, 0.3) is 28.0 Å². The number of hydrogen-bond donors (Lipinski definition) is 1. The van der Waals surface area contributed by atoms with E-state index in [1.165, 1.54) is 16.7 Å². The number of aryl methyl sites for hydroxylation is 1. The van der Waals surface area contributed by atoms with Gasteiger partial charge in [0.1, 0.15) is 27.3 Å². The summed E-state index contributed by atoms with van der Waals surface area (Å²) in [5, 5.41) is 9.14. The molecule has 0 saturated carbocycles. The van der Waals surface area contributed by atoms with Gasteiger partial charge in [0, 0.05) is 36.8 Å². The molecule has 4 aromatic rings. The molecular formula is C33H30Cl3F2N7O2. The lowest BCUT2D eigenvalue weighted by Crippen LogP contribution is -2.58. The molecule has 2 atom stereocenters. The molecule has 1 aromatic carbocycles. The SMILES string of the molecule is C=CC(=O)N1[C@H](C)CN(c2c(C#N)c(=O)n(-c3c(C)ccnc3C(C)C)c3nc(-c4c(N)c(Cl)c(F)c(Cl)c4F)c(Cl)cc23)C[C@@H]1C. The van der Waals surface area contributed by atoms with Crippen LogP contribution in [0.1, 0.15) is 50.4 Å². The highest BCUT2D eigenvalue weighted by Gasteiger charge is 2.36. The Morgan fingerprint density at radius 2 is 1.79 bits per heavy atom. The summed E-state index contributed by atoms with van der Waals surface area (Å²) in [6.07, 6.45) is 2.86. The second-order valence-electron chi connectivity index (χ2n) is 11.8. The summed E-state index contributed by atoms with van der Waals surface area (Å²) in [7, 11) is 0. The topological polar surface area (TPSA) is 121 Å². The average molecular weight is 701 g/mol. The maximum atomic E-state index is 15.6. The third-order valence-electron chi connectivity index (χ3n) is 8.32. The van der Waals surface area contributed by atoms with Crippen LogP contribution in [-0.2, 0) is 4.79 Å². The molecule has 0 radical (unpaired) electrons. The van der Waals surface area contributed by atoms with Crippen molar-refractivity contribution in [2.75, 3.05) is 23.7 Å². The van der Waals surface area contributed by atoms with Crippen molar-refractivity contribution in [3.63, 3.8) is 0 Å². The predicted octanol–water partition coefficient (Wildman–Crippen LogP) is 7.18. The second kappa shape index (κ2) is 12.8. The maximum absolute atomic E-state index is 15.6. The fourth-order valence-electron chi connectivity index (χ4n) is 6.29. The Balaban J connectivity index is 1.95. The van der Waals surface area contributed by atoms with E-state index >= 15 is 4.39 Å². The number of carbonyl (C=O) groups excluding carboxylic acids is 1. The van der Waals surface area contributed by atoms with E-state index in [9.17, 15) is 19.2 Å². The van der Waals surface area contributed by atoms with Gasteiger partial charge in [-0.1, -0.05) is 55.2 Å². The van der Waals surface area contributed by atoms with Gasteiger partial charge in [0.15, 0.2) is 11.6 Å². The highest BCUT2D eigenvalue weighted by molar-refractivity contribution is 6.38. The van der Waals surface area contributed by atoms with E-state index in [0.29, 0.717) is 16.9 Å². The van der Waals surface area contributed by atoms with E-state index in [0.717, 1.165) is 0 Å². The normalized spacial score (nSPS) is 16.6. The lowest BCUT2D eigenvalue weighted by Gasteiger charge is -2.45. The Labute approximate surface area is 284 Å². The molecule has 1 amide bonds.